The Morgan fingerprint density at radius 1 is 1.20 bits per heavy atom. The molecule has 7 heteroatoms. The fourth-order valence-corrected chi connectivity index (χ4v) is 3.94. The fraction of sp³-hybridized carbons (Fsp3) is 0.522. The first-order valence-electron chi connectivity index (χ1n) is 10.7. The van der Waals surface area contributed by atoms with Crippen LogP contribution in [-0.4, -0.2) is 44.6 Å². The molecule has 3 aromatic rings. The topological polar surface area (TPSA) is 73.4 Å². The van der Waals surface area contributed by atoms with Crippen LogP contribution in [-0.2, 0) is 4.74 Å². The maximum atomic E-state index is 12.3. The first-order valence-corrected chi connectivity index (χ1v) is 10.7. The lowest BCUT2D eigenvalue weighted by Gasteiger charge is -2.32. The fourth-order valence-electron chi connectivity index (χ4n) is 3.94. The van der Waals surface area contributed by atoms with Gasteiger partial charge in [-0.2, -0.15) is 9.78 Å². The summed E-state index contributed by atoms with van der Waals surface area (Å²) >= 11 is 0. The number of rotatable bonds is 3. The van der Waals surface area contributed by atoms with Crippen LogP contribution in [0.2, 0.25) is 0 Å². The van der Waals surface area contributed by atoms with Gasteiger partial charge in [0.1, 0.15) is 5.60 Å². The Morgan fingerprint density at radius 3 is 2.57 bits per heavy atom. The molecular weight excluding hydrogens is 380 g/mol. The predicted molar refractivity (Wildman–Crippen MR) is 115 cm³/mol. The third-order valence-electron chi connectivity index (χ3n) is 5.45. The van der Waals surface area contributed by atoms with E-state index in [-0.39, 0.29) is 12.0 Å². The quantitative estimate of drug-likeness (QED) is 0.589. The zero-order chi connectivity index (χ0) is 21.5. The van der Waals surface area contributed by atoms with Crippen molar-refractivity contribution in [3.63, 3.8) is 0 Å². The van der Waals surface area contributed by atoms with Gasteiger partial charge >= 0.3 is 6.09 Å². The highest BCUT2D eigenvalue weighted by molar-refractivity contribution is 5.83. The van der Waals surface area contributed by atoms with Gasteiger partial charge in [0.05, 0.1) is 16.9 Å². The smallest absolute Gasteiger partial charge is 0.410 e. The van der Waals surface area contributed by atoms with Crippen LogP contribution in [0.25, 0.3) is 16.8 Å². The molecule has 160 valence electrons. The standard InChI is InChI=1S/C23H30N4O3/c1-15(2)21-17-8-6-7-9-19(17)27(24-21)20-14-18(25-30-20)16-10-12-26(13-11-16)22(28)29-23(3,4)5/h6-9,14-16H,10-13H2,1-5H3. The zero-order valence-corrected chi connectivity index (χ0v) is 18.4. The van der Waals surface area contributed by atoms with Crippen LogP contribution in [0.4, 0.5) is 4.79 Å². The monoisotopic (exact) mass is 410 g/mol. The highest BCUT2D eigenvalue weighted by atomic mass is 16.6. The van der Waals surface area contributed by atoms with E-state index in [4.69, 9.17) is 14.4 Å². The van der Waals surface area contributed by atoms with Crippen molar-refractivity contribution in [2.45, 2.75) is 64.9 Å². The molecule has 0 spiro atoms. The van der Waals surface area contributed by atoms with Gasteiger partial charge in [0, 0.05) is 30.5 Å². The summed E-state index contributed by atoms with van der Waals surface area (Å²) in [5, 5.41) is 10.3. The molecule has 0 aliphatic carbocycles. The van der Waals surface area contributed by atoms with Crippen molar-refractivity contribution in [1.82, 2.24) is 19.8 Å². The molecule has 0 atom stereocenters. The van der Waals surface area contributed by atoms with Gasteiger partial charge in [-0.15, -0.1) is 0 Å². The molecule has 2 aromatic heterocycles. The van der Waals surface area contributed by atoms with Gasteiger partial charge in [-0.1, -0.05) is 37.2 Å². The number of amides is 1. The zero-order valence-electron chi connectivity index (χ0n) is 18.4. The van der Waals surface area contributed by atoms with E-state index >= 15 is 0 Å². The van der Waals surface area contributed by atoms with Crippen LogP contribution in [0, 0.1) is 0 Å². The second kappa shape index (κ2) is 7.78. The number of aromatic nitrogens is 3. The van der Waals surface area contributed by atoms with Crippen LogP contribution in [0.15, 0.2) is 34.9 Å². The number of nitrogens with zero attached hydrogens (tertiary/aromatic N) is 4. The molecule has 4 rings (SSSR count). The average molecular weight is 411 g/mol. The van der Waals surface area contributed by atoms with Crippen molar-refractivity contribution in [2.24, 2.45) is 0 Å². The first-order chi connectivity index (χ1) is 14.2. The number of likely N-dealkylation sites (tertiary alicyclic amines) is 1. The van der Waals surface area contributed by atoms with Crippen LogP contribution < -0.4 is 0 Å². The lowest BCUT2D eigenvalue weighted by Crippen LogP contribution is -2.41. The van der Waals surface area contributed by atoms with Crippen LogP contribution >= 0.6 is 0 Å². The highest BCUT2D eigenvalue weighted by Crippen LogP contribution is 2.31. The van der Waals surface area contributed by atoms with Crippen LogP contribution in [0.1, 0.15) is 70.7 Å². The number of piperidine rings is 1. The van der Waals surface area contributed by atoms with Gasteiger partial charge in [0.2, 0.25) is 0 Å². The molecule has 1 saturated heterocycles. The molecule has 0 N–H and O–H groups in total. The summed E-state index contributed by atoms with van der Waals surface area (Å²) in [5.41, 5.74) is 2.51. The van der Waals surface area contributed by atoms with Gasteiger partial charge in [-0.05, 0) is 45.6 Å². The predicted octanol–water partition coefficient (Wildman–Crippen LogP) is 5.25. The van der Waals surface area contributed by atoms with Gasteiger partial charge in [0.25, 0.3) is 5.88 Å². The van der Waals surface area contributed by atoms with E-state index in [9.17, 15) is 4.79 Å². The summed E-state index contributed by atoms with van der Waals surface area (Å²) in [6.45, 7) is 11.3. The molecule has 0 bridgehead atoms. The van der Waals surface area contributed by atoms with Crippen molar-refractivity contribution in [3.8, 4) is 5.88 Å². The van der Waals surface area contributed by atoms with E-state index in [1.54, 1.807) is 4.90 Å². The molecule has 1 aliphatic heterocycles. The summed E-state index contributed by atoms with van der Waals surface area (Å²) in [4.78, 5) is 14.1. The van der Waals surface area contributed by atoms with Crippen LogP contribution in [0.3, 0.4) is 0 Å². The molecule has 1 aliphatic rings. The number of fused-ring (bicyclic) bond motifs is 1. The highest BCUT2D eigenvalue weighted by Gasteiger charge is 2.29. The molecule has 1 amide bonds. The maximum Gasteiger partial charge on any atom is 0.410 e. The molecule has 3 heterocycles. The van der Waals surface area contributed by atoms with E-state index in [0.29, 0.717) is 24.9 Å². The van der Waals surface area contributed by atoms with Crippen molar-refractivity contribution in [1.29, 1.82) is 0 Å². The van der Waals surface area contributed by atoms with E-state index in [1.165, 1.54) is 0 Å². The van der Waals surface area contributed by atoms with Crippen molar-refractivity contribution >= 4 is 17.0 Å². The third kappa shape index (κ3) is 4.06. The lowest BCUT2D eigenvalue weighted by atomic mass is 9.94. The normalized spacial score (nSPS) is 15.9. The van der Waals surface area contributed by atoms with Gasteiger partial charge in [0.15, 0.2) is 0 Å². The van der Waals surface area contributed by atoms with Crippen molar-refractivity contribution in [3.05, 3.63) is 41.7 Å². The summed E-state index contributed by atoms with van der Waals surface area (Å²) in [7, 11) is 0. The maximum absolute atomic E-state index is 12.3. The minimum absolute atomic E-state index is 0.244. The van der Waals surface area contributed by atoms with Gasteiger partial charge in [-0.25, -0.2) is 4.79 Å². The average Bonchev–Trinajstić information content (AvgIpc) is 3.32. The Morgan fingerprint density at radius 2 is 1.90 bits per heavy atom. The molecule has 0 radical (unpaired) electrons. The van der Waals surface area contributed by atoms with E-state index in [0.717, 1.165) is 35.1 Å². The summed E-state index contributed by atoms with van der Waals surface area (Å²) < 4.78 is 13.0. The largest absolute Gasteiger partial charge is 0.444 e. The SMILES string of the molecule is CC(C)c1nn(-c2cc(C3CCN(C(=O)OC(C)(C)C)CC3)no2)c2ccccc12. The molecule has 0 saturated carbocycles. The number of carbonyl (C=O) groups is 1. The number of benzene rings is 1. The first kappa shape index (κ1) is 20.4. The van der Waals surface area contributed by atoms with E-state index < -0.39 is 5.60 Å². The summed E-state index contributed by atoms with van der Waals surface area (Å²) in [6.07, 6.45) is 1.43. The minimum Gasteiger partial charge on any atom is -0.444 e. The Labute approximate surface area is 177 Å². The third-order valence-corrected chi connectivity index (χ3v) is 5.45. The summed E-state index contributed by atoms with van der Waals surface area (Å²) in [5.74, 6) is 1.20. The van der Waals surface area contributed by atoms with Crippen molar-refractivity contribution in [2.75, 3.05) is 13.1 Å². The number of hydrogen-bond acceptors (Lipinski definition) is 5. The van der Waals surface area contributed by atoms with E-state index in [1.807, 2.05) is 43.7 Å². The Kier molecular flexibility index (Phi) is 5.30. The molecule has 7 nitrogen and oxygen atoms in total. The molecule has 0 unspecified atom stereocenters. The number of para-hydroxylation sites is 1. The Bertz CT molecular complexity index is 1040. The van der Waals surface area contributed by atoms with Crippen molar-refractivity contribution < 1.29 is 14.1 Å². The Hall–Kier alpha value is -2.83. The Balaban J connectivity index is 1.50. The number of ether oxygens (including phenoxy) is 1. The summed E-state index contributed by atoms with van der Waals surface area (Å²) in [6, 6.07) is 10.2. The molecule has 1 aromatic carbocycles. The van der Waals surface area contributed by atoms with Crippen LogP contribution in [0.5, 0.6) is 0 Å². The van der Waals surface area contributed by atoms with Gasteiger partial charge in [-0.3, -0.25) is 0 Å². The molecular formula is C23H30N4O3. The molecule has 1 fully saturated rings. The number of hydrogen-bond donors (Lipinski definition) is 0. The minimum atomic E-state index is -0.476. The van der Waals surface area contributed by atoms with Gasteiger partial charge < -0.3 is 14.2 Å². The second-order valence-electron chi connectivity index (χ2n) is 9.30. The van der Waals surface area contributed by atoms with E-state index in [2.05, 4.69) is 31.1 Å². The lowest BCUT2D eigenvalue weighted by molar-refractivity contribution is 0.0203. The molecule has 30 heavy (non-hydrogen) atoms. The number of carbonyl (C=O) groups excluding carboxylic acids is 1. The second-order valence-corrected chi connectivity index (χ2v) is 9.30.